The molecule has 0 saturated carbocycles. The van der Waals surface area contributed by atoms with Crippen molar-refractivity contribution >= 4 is 11.6 Å². The van der Waals surface area contributed by atoms with Crippen molar-refractivity contribution in [3.8, 4) is 0 Å². The Hall–Kier alpha value is -1.52. The first-order chi connectivity index (χ1) is 8.81. The molecule has 0 aliphatic rings. The van der Waals surface area contributed by atoms with Gasteiger partial charge in [0.1, 0.15) is 0 Å². The van der Waals surface area contributed by atoms with E-state index < -0.39 is 0 Å². The van der Waals surface area contributed by atoms with E-state index in [1.807, 2.05) is 12.1 Å². The van der Waals surface area contributed by atoms with E-state index in [0.717, 1.165) is 24.1 Å². The fraction of sp³-hybridized carbons (Fsp3) is 0.308. The van der Waals surface area contributed by atoms with Gasteiger partial charge < -0.3 is 5.32 Å². The molecule has 2 aromatic rings. The van der Waals surface area contributed by atoms with Crippen LogP contribution < -0.4 is 5.32 Å². The zero-order valence-electron chi connectivity index (χ0n) is 10.2. The molecule has 0 spiro atoms. The Balaban J connectivity index is 2.19. The Morgan fingerprint density at radius 2 is 2.11 bits per heavy atom. The molecule has 5 heteroatoms. The van der Waals surface area contributed by atoms with Crippen LogP contribution in [0.25, 0.3) is 0 Å². The van der Waals surface area contributed by atoms with Crippen LogP contribution in [0.3, 0.4) is 0 Å². The highest BCUT2D eigenvalue weighted by atomic mass is 35.5. The van der Waals surface area contributed by atoms with Gasteiger partial charge in [-0.15, -0.1) is 0 Å². The van der Waals surface area contributed by atoms with Crippen molar-refractivity contribution in [1.82, 2.24) is 20.5 Å². The van der Waals surface area contributed by atoms with Crippen molar-refractivity contribution in [1.29, 1.82) is 0 Å². The van der Waals surface area contributed by atoms with Gasteiger partial charge in [0.2, 0.25) is 0 Å². The average Bonchev–Trinajstić information content (AvgIpc) is 2.42. The third kappa shape index (κ3) is 3.24. The molecule has 18 heavy (non-hydrogen) atoms. The molecule has 2 rings (SSSR count). The van der Waals surface area contributed by atoms with Gasteiger partial charge in [0.05, 0.1) is 11.2 Å². The third-order valence-electron chi connectivity index (χ3n) is 2.74. The van der Waals surface area contributed by atoms with Crippen LogP contribution in [0, 0.1) is 0 Å². The molecule has 94 valence electrons. The van der Waals surface area contributed by atoms with Crippen LogP contribution in [0.1, 0.15) is 24.1 Å². The van der Waals surface area contributed by atoms with Crippen LogP contribution in [0.4, 0.5) is 0 Å². The van der Waals surface area contributed by atoms with E-state index in [4.69, 9.17) is 11.6 Å². The highest BCUT2D eigenvalue weighted by Gasteiger charge is 2.13. The predicted octanol–water partition coefficient (Wildman–Crippen LogP) is 2.42. The fourth-order valence-electron chi connectivity index (χ4n) is 1.85. The lowest BCUT2D eigenvalue weighted by atomic mass is 10.0. The van der Waals surface area contributed by atoms with Crippen molar-refractivity contribution in [3.63, 3.8) is 0 Å². The van der Waals surface area contributed by atoms with Crippen LogP contribution in [0.5, 0.6) is 0 Å². The summed E-state index contributed by atoms with van der Waals surface area (Å²) in [4.78, 5) is 4.00. The van der Waals surface area contributed by atoms with Gasteiger partial charge in [-0.1, -0.05) is 18.5 Å². The van der Waals surface area contributed by atoms with Gasteiger partial charge in [0.15, 0.2) is 0 Å². The summed E-state index contributed by atoms with van der Waals surface area (Å²) in [5.74, 6) is 0. The number of likely N-dealkylation sites (N-methyl/N-ethyl adjacent to an activating group) is 1. The zero-order valence-corrected chi connectivity index (χ0v) is 10.9. The maximum Gasteiger partial charge on any atom is 0.0622 e. The van der Waals surface area contributed by atoms with Crippen LogP contribution in [-0.2, 0) is 6.42 Å². The summed E-state index contributed by atoms with van der Waals surface area (Å²) in [6, 6.07) is 4.10. The number of pyridine rings is 1. The Bertz CT molecular complexity index is 489. The Kier molecular flexibility index (Phi) is 4.61. The van der Waals surface area contributed by atoms with Crippen molar-refractivity contribution in [2.24, 2.45) is 0 Å². The number of rotatable bonds is 5. The van der Waals surface area contributed by atoms with Gasteiger partial charge in [-0.3, -0.25) is 4.98 Å². The normalized spacial score (nSPS) is 12.3. The molecule has 2 heterocycles. The van der Waals surface area contributed by atoms with E-state index in [1.165, 1.54) is 0 Å². The molecule has 0 fully saturated rings. The van der Waals surface area contributed by atoms with E-state index in [-0.39, 0.29) is 6.04 Å². The average molecular weight is 263 g/mol. The van der Waals surface area contributed by atoms with Crippen molar-refractivity contribution in [3.05, 3.63) is 53.1 Å². The molecule has 1 N–H and O–H groups in total. The molecule has 0 aromatic carbocycles. The molecule has 1 atom stereocenters. The summed E-state index contributed by atoms with van der Waals surface area (Å²) in [6.45, 7) is 2.96. The highest BCUT2D eigenvalue weighted by molar-refractivity contribution is 6.31. The van der Waals surface area contributed by atoms with Gasteiger partial charge in [-0.05, 0) is 36.2 Å². The molecule has 0 bridgehead atoms. The Morgan fingerprint density at radius 3 is 2.78 bits per heavy atom. The lowest BCUT2D eigenvalue weighted by Gasteiger charge is -2.18. The predicted molar refractivity (Wildman–Crippen MR) is 71.4 cm³/mol. The molecular weight excluding hydrogens is 248 g/mol. The first-order valence-corrected chi connectivity index (χ1v) is 6.27. The van der Waals surface area contributed by atoms with Gasteiger partial charge in [0.25, 0.3) is 0 Å². The van der Waals surface area contributed by atoms with Gasteiger partial charge in [-0.2, -0.15) is 10.2 Å². The van der Waals surface area contributed by atoms with Gasteiger partial charge in [0, 0.05) is 24.6 Å². The Labute approximate surface area is 111 Å². The maximum atomic E-state index is 6.14. The van der Waals surface area contributed by atoms with Crippen LogP contribution in [0.2, 0.25) is 5.02 Å². The Morgan fingerprint density at radius 1 is 1.22 bits per heavy atom. The van der Waals surface area contributed by atoms with Crippen LogP contribution >= 0.6 is 11.6 Å². The van der Waals surface area contributed by atoms with Crippen molar-refractivity contribution in [2.45, 2.75) is 19.4 Å². The summed E-state index contributed by atoms with van der Waals surface area (Å²) in [5, 5.41) is 11.8. The number of aromatic nitrogens is 3. The summed E-state index contributed by atoms with van der Waals surface area (Å²) in [6.07, 6.45) is 7.72. The van der Waals surface area contributed by atoms with Crippen LogP contribution in [-0.4, -0.2) is 21.7 Å². The number of hydrogen-bond acceptors (Lipinski definition) is 4. The molecule has 0 amide bonds. The number of nitrogens with zero attached hydrogens (tertiary/aromatic N) is 3. The number of halogens is 1. The van der Waals surface area contributed by atoms with Gasteiger partial charge in [-0.25, -0.2) is 0 Å². The standard InChI is InChI=1S/C13H15ClN4/c1-2-16-13(11-4-6-17-18-8-11)7-10-3-5-15-9-12(10)14/h3-6,8-9,13,16H,2,7H2,1H3. The highest BCUT2D eigenvalue weighted by Crippen LogP contribution is 2.22. The molecule has 0 radical (unpaired) electrons. The van der Waals surface area contributed by atoms with E-state index in [0.29, 0.717) is 5.02 Å². The SMILES string of the molecule is CCNC(Cc1ccncc1Cl)c1ccnnc1. The molecule has 0 saturated heterocycles. The van der Waals surface area contributed by atoms with E-state index >= 15 is 0 Å². The number of hydrogen-bond donors (Lipinski definition) is 1. The second-order valence-corrected chi connectivity index (χ2v) is 4.36. The maximum absolute atomic E-state index is 6.14. The molecule has 0 aliphatic carbocycles. The first kappa shape index (κ1) is 12.9. The summed E-state index contributed by atoms with van der Waals surface area (Å²) >= 11 is 6.14. The fourth-order valence-corrected chi connectivity index (χ4v) is 2.05. The monoisotopic (exact) mass is 262 g/mol. The lowest BCUT2D eigenvalue weighted by molar-refractivity contribution is 0.546. The summed E-state index contributed by atoms with van der Waals surface area (Å²) < 4.78 is 0. The molecule has 2 aromatic heterocycles. The first-order valence-electron chi connectivity index (χ1n) is 5.89. The quantitative estimate of drug-likeness (QED) is 0.899. The third-order valence-corrected chi connectivity index (χ3v) is 3.08. The van der Waals surface area contributed by atoms with Crippen molar-refractivity contribution < 1.29 is 0 Å². The van der Waals surface area contributed by atoms with Crippen LogP contribution in [0.15, 0.2) is 36.9 Å². The summed E-state index contributed by atoms with van der Waals surface area (Å²) in [7, 11) is 0. The van der Waals surface area contributed by atoms with E-state index in [9.17, 15) is 0 Å². The molecule has 4 nitrogen and oxygen atoms in total. The minimum absolute atomic E-state index is 0.186. The topological polar surface area (TPSA) is 50.7 Å². The zero-order chi connectivity index (χ0) is 12.8. The molecule has 0 aliphatic heterocycles. The van der Waals surface area contributed by atoms with E-state index in [1.54, 1.807) is 24.8 Å². The van der Waals surface area contributed by atoms with Crippen molar-refractivity contribution in [2.75, 3.05) is 6.54 Å². The largest absolute Gasteiger partial charge is 0.310 e. The second kappa shape index (κ2) is 6.42. The minimum Gasteiger partial charge on any atom is -0.310 e. The second-order valence-electron chi connectivity index (χ2n) is 3.96. The lowest BCUT2D eigenvalue weighted by Crippen LogP contribution is -2.23. The summed E-state index contributed by atoms with van der Waals surface area (Å²) in [5.41, 5.74) is 2.19. The number of nitrogens with one attached hydrogen (secondary N) is 1. The molecule has 1 unspecified atom stereocenters. The smallest absolute Gasteiger partial charge is 0.0622 e. The minimum atomic E-state index is 0.186. The van der Waals surface area contributed by atoms with Gasteiger partial charge >= 0.3 is 0 Å². The van der Waals surface area contributed by atoms with E-state index in [2.05, 4.69) is 27.4 Å². The molecular formula is C13H15ClN4.